The van der Waals surface area contributed by atoms with Crippen molar-refractivity contribution in [1.29, 1.82) is 0 Å². The summed E-state index contributed by atoms with van der Waals surface area (Å²) in [4.78, 5) is 2.32. The maximum atomic E-state index is 13.5. The van der Waals surface area contributed by atoms with Crippen LogP contribution in [0, 0.1) is 5.82 Å². The Balaban J connectivity index is 1.42. The van der Waals surface area contributed by atoms with Crippen LogP contribution in [-0.2, 0) is 12.8 Å². The van der Waals surface area contributed by atoms with Gasteiger partial charge in [0, 0.05) is 12.2 Å². The molecule has 1 aromatic heterocycles. The molecule has 0 saturated carbocycles. The van der Waals surface area contributed by atoms with E-state index < -0.39 is 0 Å². The molecular formula is C25H22FN5O. The van der Waals surface area contributed by atoms with Crippen molar-refractivity contribution in [3.05, 3.63) is 101 Å². The van der Waals surface area contributed by atoms with E-state index >= 15 is 0 Å². The first-order valence-electron chi connectivity index (χ1n) is 10.5. The van der Waals surface area contributed by atoms with E-state index in [0.29, 0.717) is 5.82 Å². The predicted octanol–water partition coefficient (Wildman–Crippen LogP) is 4.56. The van der Waals surface area contributed by atoms with Crippen molar-refractivity contribution < 1.29 is 9.50 Å². The Morgan fingerprint density at radius 2 is 1.84 bits per heavy atom. The lowest BCUT2D eigenvalue weighted by Crippen LogP contribution is -2.36. The van der Waals surface area contributed by atoms with Gasteiger partial charge in [0.1, 0.15) is 11.6 Å². The standard InChI is InChI=1S/C25H22FN5O/c26-20-6-8-21(9-7-20)31-14-13-19-16-22(32)10-11-23(19)24(31)15-18-3-1-17(2-4-18)5-12-25-27-29-30-28-25/h1-12,16,24,32H,13-15H2,(H,27,28,29,30). The Bertz CT molecular complexity index is 1220. The van der Waals surface area contributed by atoms with E-state index in [4.69, 9.17) is 0 Å². The molecular weight excluding hydrogens is 405 g/mol. The quantitative estimate of drug-likeness (QED) is 0.488. The molecule has 6 nitrogen and oxygen atoms in total. The minimum Gasteiger partial charge on any atom is -0.508 e. The normalized spacial score (nSPS) is 15.8. The summed E-state index contributed by atoms with van der Waals surface area (Å²) in [5, 5.41) is 23.8. The summed E-state index contributed by atoms with van der Waals surface area (Å²) >= 11 is 0. The summed E-state index contributed by atoms with van der Waals surface area (Å²) in [6, 6.07) is 20.7. The van der Waals surface area contributed by atoms with Crippen molar-refractivity contribution in [2.24, 2.45) is 0 Å². The number of phenols is 1. The third-order valence-corrected chi connectivity index (χ3v) is 5.84. The fraction of sp³-hybridized carbons (Fsp3) is 0.160. The molecule has 32 heavy (non-hydrogen) atoms. The monoisotopic (exact) mass is 427 g/mol. The van der Waals surface area contributed by atoms with Gasteiger partial charge in [-0.15, -0.1) is 10.2 Å². The summed E-state index contributed by atoms with van der Waals surface area (Å²) in [5.74, 6) is 0.582. The molecule has 5 rings (SSSR count). The number of benzene rings is 3. The summed E-state index contributed by atoms with van der Waals surface area (Å²) < 4.78 is 13.5. The van der Waals surface area contributed by atoms with Gasteiger partial charge in [0.15, 0.2) is 5.82 Å². The fourth-order valence-electron chi connectivity index (χ4n) is 4.26. The van der Waals surface area contributed by atoms with Gasteiger partial charge >= 0.3 is 0 Å². The van der Waals surface area contributed by atoms with E-state index in [-0.39, 0.29) is 17.6 Å². The lowest BCUT2D eigenvalue weighted by atomic mass is 9.88. The predicted molar refractivity (Wildman–Crippen MR) is 122 cm³/mol. The van der Waals surface area contributed by atoms with Crippen molar-refractivity contribution in [2.45, 2.75) is 18.9 Å². The first-order chi connectivity index (χ1) is 15.7. The van der Waals surface area contributed by atoms with Gasteiger partial charge in [0.2, 0.25) is 0 Å². The number of nitrogens with zero attached hydrogens (tertiary/aromatic N) is 4. The number of fused-ring (bicyclic) bond motifs is 1. The molecule has 0 aliphatic carbocycles. The highest BCUT2D eigenvalue weighted by Gasteiger charge is 2.28. The lowest BCUT2D eigenvalue weighted by molar-refractivity contribution is 0.472. The number of H-pyrrole nitrogens is 1. The number of aromatic nitrogens is 4. The number of nitrogens with one attached hydrogen (secondary N) is 1. The largest absolute Gasteiger partial charge is 0.508 e. The van der Waals surface area contributed by atoms with Gasteiger partial charge in [-0.2, -0.15) is 5.21 Å². The number of anilines is 1. The Morgan fingerprint density at radius 1 is 1.03 bits per heavy atom. The van der Waals surface area contributed by atoms with Crippen LogP contribution in [0.3, 0.4) is 0 Å². The van der Waals surface area contributed by atoms with E-state index in [1.807, 2.05) is 30.3 Å². The van der Waals surface area contributed by atoms with Gasteiger partial charge in [-0.3, -0.25) is 0 Å². The van der Waals surface area contributed by atoms with Crippen molar-refractivity contribution in [3.8, 4) is 5.75 Å². The maximum absolute atomic E-state index is 13.5. The molecule has 2 N–H and O–H groups in total. The van der Waals surface area contributed by atoms with Crippen LogP contribution in [0.1, 0.15) is 34.1 Å². The Kier molecular flexibility index (Phi) is 5.37. The number of aromatic hydroxyl groups is 1. The van der Waals surface area contributed by atoms with Crippen LogP contribution in [0.2, 0.25) is 0 Å². The zero-order chi connectivity index (χ0) is 21.9. The van der Waals surface area contributed by atoms with Crippen LogP contribution in [-0.4, -0.2) is 32.3 Å². The Morgan fingerprint density at radius 3 is 2.59 bits per heavy atom. The van der Waals surface area contributed by atoms with Gasteiger partial charge in [0.25, 0.3) is 0 Å². The average molecular weight is 427 g/mol. The molecule has 0 saturated heterocycles. The van der Waals surface area contributed by atoms with Crippen LogP contribution in [0.5, 0.6) is 5.75 Å². The molecule has 0 spiro atoms. The SMILES string of the molecule is Oc1ccc2c(c1)CCN(c1ccc(F)cc1)C2Cc1ccc(C=Cc2nn[nH]n2)cc1. The summed E-state index contributed by atoms with van der Waals surface area (Å²) in [5.41, 5.74) is 5.59. The van der Waals surface area contributed by atoms with E-state index in [1.165, 1.54) is 23.3 Å². The molecule has 0 fully saturated rings. The first-order valence-corrected chi connectivity index (χ1v) is 10.5. The Hall–Kier alpha value is -4.00. The van der Waals surface area contributed by atoms with Crippen LogP contribution >= 0.6 is 0 Å². The van der Waals surface area contributed by atoms with Crippen LogP contribution < -0.4 is 4.90 Å². The van der Waals surface area contributed by atoms with Gasteiger partial charge in [-0.1, -0.05) is 36.4 Å². The molecule has 0 bridgehead atoms. The van der Waals surface area contributed by atoms with Gasteiger partial charge < -0.3 is 10.0 Å². The number of tetrazole rings is 1. The average Bonchev–Trinajstić information content (AvgIpc) is 3.33. The molecule has 1 aliphatic heterocycles. The molecule has 7 heteroatoms. The second kappa shape index (κ2) is 8.63. The van der Waals surface area contributed by atoms with Gasteiger partial charge in [0.05, 0.1) is 6.04 Å². The lowest BCUT2D eigenvalue weighted by Gasteiger charge is -2.39. The summed E-state index contributed by atoms with van der Waals surface area (Å²) in [6.45, 7) is 0.804. The smallest absolute Gasteiger partial charge is 0.197 e. The van der Waals surface area contributed by atoms with Crippen molar-refractivity contribution in [3.63, 3.8) is 0 Å². The summed E-state index contributed by atoms with van der Waals surface area (Å²) in [7, 11) is 0. The molecule has 1 unspecified atom stereocenters. The van der Waals surface area contributed by atoms with E-state index in [1.54, 1.807) is 12.1 Å². The Labute approximate surface area is 185 Å². The highest BCUT2D eigenvalue weighted by atomic mass is 19.1. The molecule has 160 valence electrons. The second-order valence-electron chi connectivity index (χ2n) is 7.87. The second-order valence-corrected chi connectivity index (χ2v) is 7.87. The number of phenolic OH excluding ortho intramolecular Hbond substituents is 1. The third-order valence-electron chi connectivity index (χ3n) is 5.84. The fourth-order valence-corrected chi connectivity index (χ4v) is 4.26. The molecule has 1 aliphatic rings. The van der Waals surface area contributed by atoms with Crippen molar-refractivity contribution >= 4 is 17.8 Å². The van der Waals surface area contributed by atoms with Crippen LogP contribution in [0.25, 0.3) is 12.2 Å². The van der Waals surface area contributed by atoms with Gasteiger partial charge in [-0.25, -0.2) is 4.39 Å². The molecule has 2 heterocycles. The minimum atomic E-state index is -0.239. The van der Waals surface area contributed by atoms with E-state index in [0.717, 1.165) is 36.2 Å². The van der Waals surface area contributed by atoms with E-state index in [9.17, 15) is 9.50 Å². The molecule has 0 amide bonds. The highest BCUT2D eigenvalue weighted by molar-refractivity contribution is 5.66. The maximum Gasteiger partial charge on any atom is 0.197 e. The zero-order valence-electron chi connectivity index (χ0n) is 17.3. The number of aromatic amines is 1. The molecule has 0 radical (unpaired) electrons. The van der Waals surface area contributed by atoms with E-state index in [2.05, 4.69) is 49.8 Å². The van der Waals surface area contributed by atoms with Crippen LogP contribution in [0.15, 0.2) is 66.7 Å². The topological polar surface area (TPSA) is 77.9 Å². The summed E-state index contributed by atoms with van der Waals surface area (Å²) in [6.07, 6.45) is 5.37. The zero-order valence-corrected chi connectivity index (χ0v) is 17.3. The first kappa shape index (κ1) is 19.9. The van der Waals surface area contributed by atoms with Crippen molar-refractivity contribution in [2.75, 3.05) is 11.4 Å². The van der Waals surface area contributed by atoms with Crippen molar-refractivity contribution in [1.82, 2.24) is 20.6 Å². The highest BCUT2D eigenvalue weighted by Crippen LogP contribution is 2.37. The number of halogens is 1. The molecule has 3 aromatic carbocycles. The molecule has 1 atom stereocenters. The number of hydrogen-bond acceptors (Lipinski definition) is 5. The third kappa shape index (κ3) is 4.23. The van der Waals surface area contributed by atoms with Gasteiger partial charge in [-0.05, 0) is 82.8 Å². The number of hydrogen-bond donors (Lipinski definition) is 2. The van der Waals surface area contributed by atoms with Crippen LogP contribution in [0.4, 0.5) is 10.1 Å². The number of rotatable bonds is 5. The molecule has 4 aromatic rings. The minimum absolute atomic E-state index is 0.0885.